The Balaban J connectivity index is 1.80. The molecule has 1 aliphatic heterocycles. The summed E-state index contributed by atoms with van der Waals surface area (Å²) >= 11 is 0. The molecule has 1 amide bonds. The summed E-state index contributed by atoms with van der Waals surface area (Å²) in [4.78, 5) is 41.0. The van der Waals surface area contributed by atoms with Crippen molar-refractivity contribution in [3.05, 3.63) is 74.9 Å². The van der Waals surface area contributed by atoms with Gasteiger partial charge in [-0.15, -0.1) is 0 Å². The zero-order valence-electron chi connectivity index (χ0n) is 16.8. The highest BCUT2D eigenvalue weighted by Crippen LogP contribution is 2.27. The van der Waals surface area contributed by atoms with Gasteiger partial charge in [-0.1, -0.05) is 44.2 Å². The normalized spacial score (nSPS) is 13.7. The minimum atomic E-state index is -0.430. The third-order valence-corrected chi connectivity index (χ3v) is 5.38. The van der Waals surface area contributed by atoms with Crippen LogP contribution in [0.2, 0.25) is 0 Å². The highest BCUT2D eigenvalue weighted by molar-refractivity contribution is 5.95. The summed E-state index contributed by atoms with van der Waals surface area (Å²) in [6, 6.07) is 14.9. The van der Waals surface area contributed by atoms with Gasteiger partial charge in [-0.25, -0.2) is 4.79 Å². The van der Waals surface area contributed by atoms with Gasteiger partial charge < -0.3 is 4.90 Å². The van der Waals surface area contributed by atoms with Gasteiger partial charge in [-0.2, -0.15) is 0 Å². The maximum atomic E-state index is 13.2. The van der Waals surface area contributed by atoms with E-state index in [1.165, 1.54) is 9.13 Å². The molecule has 0 unspecified atom stereocenters. The highest BCUT2D eigenvalue weighted by atomic mass is 16.2. The van der Waals surface area contributed by atoms with Gasteiger partial charge in [0.05, 0.1) is 10.9 Å². The van der Waals surface area contributed by atoms with Gasteiger partial charge in [0.15, 0.2) is 0 Å². The van der Waals surface area contributed by atoms with Gasteiger partial charge in [0, 0.05) is 18.8 Å². The number of fused-ring (bicyclic) bond motifs is 2. The first-order valence-electron chi connectivity index (χ1n) is 10.1. The van der Waals surface area contributed by atoms with Crippen LogP contribution in [0.5, 0.6) is 0 Å². The van der Waals surface area contributed by atoms with Crippen molar-refractivity contribution in [3.63, 3.8) is 0 Å². The fourth-order valence-electron chi connectivity index (χ4n) is 4.06. The fraction of sp³-hybridized carbons (Fsp3) is 0.348. The number of rotatable bonds is 4. The van der Waals surface area contributed by atoms with Crippen molar-refractivity contribution in [3.8, 4) is 0 Å². The number of amides is 1. The molecule has 0 bridgehead atoms. The number of para-hydroxylation sites is 2. The number of carbonyl (C=O) groups is 1. The van der Waals surface area contributed by atoms with Crippen LogP contribution in [0.4, 0.5) is 5.69 Å². The van der Waals surface area contributed by atoms with Crippen molar-refractivity contribution < 1.29 is 4.79 Å². The SMILES string of the molecule is CC(C)Cn1c(=O)c2ccccc2n(CC(=O)N2CCCc3ccccc32)c1=O. The summed E-state index contributed by atoms with van der Waals surface area (Å²) < 4.78 is 2.70. The van der Waals surface area contributed by atoms with Gasteiger partial charge in [-0.3, -0.25) is 18.7 Å². The highest BCUT2D eigenvalue weighted by Gasteiger charge is 2.24. The van der Waals surface area contributed by atoms with E-state index in [0.29, 0.717) is 24.0 Å². The van der Waals surface area contributed by atoms with Gasteiger partial charge in [0.2, 0.25) is 5.91 Å². The largest absolute Gasteiger partial charge is 0.331 e. The minimum Gasteiger partial charge on any atom is -0.311 e. The molecule has 1 aromatic heterocycles. The van der Waals surface area contributed by atoms with Crippen LogP contribution in [0.3, 0.4) is 0 Å². The van der Waals surface area contributed by atoms with Crippen molar-refractivity contribution in [2.75, 3.05) is 11.4 Å². The third-order valence-electron chi connectivity index (χ3n) is 5.38. The molecule has 3 aromatic rings. The summed E-state index contributed by atoms with van der Waals surface area (Å²) in [5.41, 5.74) is 1.83. The van der Waals surface area contributed by atoms with E-state index in [2.05, 4.69) is 0 Å². The van der Waals surface area contributed by atoms with Crippen LogP contribution in [0.15, 0.2) is 58.1 Å². The first kappa shape index (κ1) is 19.2. The zero-order chi connectivity index (χ0) is 20.5. The van der Waals surface area contributed by atoms with Crippen LogP contribution in [-0.2, 0) is 24.3 Å². The van der Waals surface area contributed by atoms with Crippen molar-refractivity contribution >= 4 is 22.5 Å². The average molecular weight is 391 g/mol. The van der Waals surface area contributed by atoms with E-state index >= 15 is 0 Å². The molecule has 0 fully saturated rings. The number of carbonyl (C=O) groups excluding carboxylic acids is 1. The number of aromatic nitrogens is 2. The molecule has 29 heavy (non-hydrogen) atoms. The summed E-state index contributed by atoms with van der Waals surface area (Å²) in [5, 5.41) is 0.458. The molecule has 4 rings (SSSR count). The summed E-state index contributed by atoms with van der Waals surface area (Å²) in [7, 11) is 0. The molecule has 0 N–H and O–H groups in total. The van der Waals surface area contributed by atoms with E-state index in [9.17, 15) is 14.4 Å². The Bertz CT molecular complexity index is 1190. The van der Waals surface area contributed by atoms with E-state index in [1.54, 1.807) is 29.2 Å². The lowest BCUT2D eigenvalue weighted by atomic mass is 10.0. The van der Waals surface area contributed by atoms with Crippen LogP contribution in [-0.4, -0.2) is 21.6 Å². The second kappa shape index (κ2) is 7.70. The maximum absolute atomic E-state index is 13.2. The zero-order valence-corrected chi connectivity index (χ0v) is 16.8. The number of hydrogen-bond acceptors (Lipinski definition) is 3. The van der Waals surface area contributed by atoms with Crippen LogP contribution in [0.1, 0.15) is 25.8 Å². The maximum Gasteiger partial charge on any atom is 0.331 e. The molecule has 1 aliphatic rings. The molecule has 2 aromatic carbocycles. The Labute approximate surface area is 169 Å². The molecular formula is C23H25N3O3. The van der Waals surface area contributed by atoms with Gasteiger partial charge in [0.25, 0.3) is 5.56 Å². The quantitative estimate of drug-likeness (QED) is 0.687. The monoisotopic (exact) mass is 391 g/mol. The second-order valence-electron chi connectivity index (χ2n) is 7.97. The van der Waals surface area contributed by atoms with Gasteiger partial charge in [-0.05, 0) is 42.5 Å². The first-order chi connectivity index (χ1) is 14.0. The number of anilines is 1. The van der Waals surface area contributed by atoms with E-state index in [1.807, 2.05) is 38.1 Å². The number of benzene rings is 2. The van der Waals surface area contributed by atoms with Gasteiger partial charge >= 0.3 is 5.69 Å². The van der Waals surface area contributed by atoms with Crippen molar-refractivity contribution in [2.45, 2.75) is 39.8 Å². The average Bonchev–Trinajstić information content (AvgIpc) is 2.73. The topological polar surface area (TPSA) is 64.3 Å². The Hall–Kier alpha value is -3.15. The Morgan fingerprint density at radius 2 is 1.72 bits per heavy atom. The minimum absolute atomic E-state index is 0.0912. The number of aryl methyl sites for hydroxylation is 1. The molecular weight excluding hydrogens is 366 g/mol. The molecule has 2 heterocycles. The lowest BCUT2D eigenvalue weighted by Gasteiger charge is -2.30. The van der Waals surface area contributed by atoms with Crippen LogP contribution in [0, 0.1) is 5.92 Å². The Morgan fingerprint density at radius 3 is 2.52 bits per heavy atom. The van der Waals surface area contributed by atoms with E-state index in [4.69, 9.17) is 0 Å². The molecule has 6 nitrogen and oxygen atoms in total. The van der Waals surface area contributed by atoms with Crippen LogP contribution >= 0.6 is 0 Å². The second-order valence-corrected chi connectivity index (χ2v) is 7.97. The molecule has 0 radical (unpaired) electrons. The van der Waals surface area contributed by atoms with E-state index < -0.39 is 5.69 Å². The van der Waals surface area contributed by atoms with Crippen molar-refractivity contribution in [2.24, 2.45) is 5.92 Å². The van der Waals surface area contributed by atoms with Crippen molar-refractivity contribution in [1.82, 2.24) is 9.13 Å². The predicted octanol–water partition coefficient (Wildman–Crippen LogP) is 2.80. The molecule has 0 saturated heterocycles. The molecule has 0 saturated carbocycles. The van der Waals surface area contributed by atoms with E-state index in [-0.39, 0.29) is 23.9 Å². The van der Waals surface area contributed by atoms with Crippen molar-refractivity contribution in [1.29, 1.82) is 0 Å². The first-order valence-corrected chi connectivity index (χ1v) is 10.1. The standard InChI is InChI=1S/C23H25N3O3/c1-16(2)14-26-22(28)18-10-4-6-12-20(18)25(23(26)29)15-21(27)24-13-7-9-17-8-3-5-11-19(17)24/h3-6,8,10-12,16H,7,9,13-15H2,1-2H3. The third kappa shape index (κ3) is 3.50. The fourth-order valence-corrected chi connectivity index (χ4v) is 4.06. The number of nitrogens with zero attached hydrogens (tertiary/aromatic N) is 3. The summed E-state index contributed by atoms with van der Waals surface area (Å²) in [6.07, 6.45) is 1.84. The Kier molecular flexibility index (Phi) is 5.09. The lowest BCUT2D eigenvalue weighted by Crippen LogP contribution is -2.45. The summed E-state index contributed by atoms with van der Waals surface area (Å²) in [5.74, 6) is -0.00108. The predicted molar refractivity (Wildman–Crippen MR) is 114 cm³/mol. The number of hydrogen-bond donors (Lipinski definition) is 0. The smallest absolute Gasteiger partial charge is 0.311 e. The molecule has 6 heteroatoms. The lowest BCUT2D eigenvalue weighted by molar-refractivity contribution is -0.119. The van der Waals surface area contributed by atoms with Crippen LogP contribution < -0.4 is 16.1 Å². The molecule has 150 valence electrons. The summed E-state index contributed by atoms with van der Waals surface area (Å²) in [6.45, 7) is 4.78. The molecule has 0 spiro atoms. The van der Waals surface area contributed by atoms with E-state index in [0.717, 1.165) is 24.1 Å². The Morgan fingerprint density at radius 1 is 1.00 bits per heavy atom. The van der Waals surface area contributed by atoms with Gasteiger partial charge in [0.1, 0.15) is 6.54 Å². The van der Waals surface area contributed by atoms with Crippen LogP contribution in [0.25, 0.3) is 10.9 Å². The molecule has 0 atom stereocenters. The molecule has 0 aliphatic carbocycles.